The summed E-state index contributed by atoms with van der Waals surface area (Å²) in [6.07, 6.45) is 5.84. The van der Waals surface area contributed by atoms with E-state index < -0.39 is 0 Å². The first kappa shape index (κ1) is 9.02. The molecule has 0 radical (unpaired) electrons. The molecule has 0 aromatic carbocycles. The molecular formula is C8H8BrN3S. The van der Waals surface area contributed by atoms with E-state index in [1.165, 1.54) is 0 Å². The highest BCUT2D eigenvalue weighted by Gasteiger charge is 2.09. The van der Waals surface area contributed by atoms with Gasteiger partial charge in [0.1, 0.15) is 5.82 Å². The summed E-state index contributed by atoms with van der Waals surface area (Å²) in [4.78, 5) is 8.53. The minimum Gasteiger partial charge on any atom is -0.365 e. The van der Waals surface area contributed by atoms with Crippen molar-refractivity contribution >= 4 is 39.6 Å². The SMILES string of the molecule is CSc1ncc2c(n1)NCC(Br)=C2. The van der Waals surface area contributed by atoms with Gasteiger partial charge in [0.25, 0.3) is 0 Å². The molecule has 1 aliphatic rings. The fourth-order valence-corrected chi connectivity index (χ4v) is 1.84. The highest BCUT2D eigenvalue weighted by molar-refractivity contribution is 9.11. The van der Waals surface area contributed by atoms with Crippen LogP contribution in [0.2, 0.25) is 0 Å². The van der Waals surface area contributed by atoms with Crippen LogP contribution in [0.4, 0.5) is 5.82 Å². The Morgan fingerprint density at radius 3 is 3.23 bits per heavy atom. The van der Waals surface area contributed by atoms with Crippen LogP contribution in [0.5, 0.6) is 0 Å². The van der Waals surface area contributed by atoms with Gasteiger partial charge in [0.15, 0.2) is 5.16 Å². The van der Waals surface area contributed by atoms with Gasteiger partial charge in [-0.05, 0) is 12.3 Å². The van der Waals surface area contributed by atoms with E-state index in [1.54, 1.807) is 11.8 Å². The first-order valence-electron chi connectivity index (χ1n) is 3.80. The molecule has 13 heavy (non-hydrogen) atoms. The van der Waals surface area contributed by atoms with Crippen LogP contribution in [0.25, 0.3) is 6.08 Å². The Labute approximate surface area is 89.2 Å². The molecule has 5 heteroatoms. The molecule has 3 nitrogen and oxygen atoms in total. The second-order valence-corrected chi connectivity index (χ2v) is 4.40. The lowest BCUT2D eigenvalue weighted by atomic mass is 10.2. The average Bonchev–Trinajstić information content (AvgIpc) is 2.17. The van der Waals surface area contributed by atoms with E-state index in [0.29, 0.717) is 0 Å². The Bertz CT molecular complexity index is 364. The van der Waals surface area contributed by atoms with E-state index in [1.807, 2.05) is 18.5 Å². The minimum atomic E-state index is 0.803. The van der Waals surface area contributed by atoms with Gasteiger partial charge in [-0.1, -0.05) is 27.7 Å². The normalized spacial score (nSPS) is 14.5. The monoisotopic (exact) mass is 257 g/mol. The first-order chi connectivity index (χ1) is 6.29. The molecule has 68 valence electrons. The van der Waals surface area contributed by atoms with Gasteiger partial charge < -0.3 is 5.32 Å². The Kier molecular flexibility index (Phi) is 2.55. The zero-order valence-electron chi connectivity index (χ0n) is 7.04. The van der Waals surface area contributed by atoms with Crippen LogP contribution in [0.1, 0.15) is 5.56 Å². The van der Waals surface area contributed by atoms with Crippen molar-refractivity contribution in [3.05, 3.63) is 16.2 Å². The molecule has 0 atom stereocenters. The van der Waals surface area contributed by atoms with Crippen LogP contribution >= 0.6 is 27.7 Å². The second-order valence-electron chi connectivity index (χ2n) is 2.61. The molecular weight excluding hydrogens is 250 g/mol. The van der Waals surface area contributed by atoms with Crippen molar-refractivity contribution in [1.82, 2.24) is 9.97 Å². The predicted octanol–water partition coefficient (Wildman–Crippen LogP) is 2.36. The van der Waals surface area contributed by atoms with Crippen LogP contribution in [0.15, 0.2) is 15.8 Å². The highest BCUT2D eigenvalue weighted by atomic mass is 79.9. The van der Waals surface area contributed by atoms with E-state index in [4.69, 9.17) is 0 Å². The number of halogens is 1. The van der Waals surface area contributed by atoms with Crippen LogP contribution in [0.3, 0.4) is 0 Å². The smallest absolute Gasteiger partial charge is 0.189 e. The largest absolute Gasteiger partial charge is 0.365 e. The molecule has 0 aliphatic carbocycles. The van der Waals surface area contributed by atoms with Gasteiger partial charge in [0.05, 0.1) is 0 Å². The molecule has 1 aliphatic heterocycles. The van der Waals surface area contributed by atoms with E-state index in [-0.39, 0.29) is 0 Å². The maximum Gasteiger partial charge on any atom is 0.189 e. The average molecular weight is 258 g/mol. The molecule has 2 heterocycles. The molecule has 1 aromatic rings. The Morgan fingerprint density at radius 1 is 1.62 bits per heavy atom. The highest BCUT2D eigenvalue weighted by Crippen LogP contribution is 2.24. The number of aromatic nitrogens is 2. The zero-order valence-corrected chi connectivity index (χ0v) is 9.44. The van der Waals surface area contributed by atoms with Crippen molar-refractivity contribution in [1.29, 1.82) is 0 Å². The van der Waals surface area contributed by atoms with Crippen LogP contribution in [-0.2, 0) is 0 Å². The fraction of sp³-hybridized carbons (Fsp3) is 0.250. The van der Waals surface area contributed by atoms with Gasteiger partial charge in [0.2, 0.25) is 0 Å². The first-order valence-corrected chi connectivity index (χ1v) is 5.82. The number of nitrogens with zero attached hydrogens (tertiary/aromatic N) is 2. The van der Waals surface area contributed by atoms with Gasteiger partial charge in [-0.25, -0.2) is 9.97 Å². The summed E-state index contributed by atoms with van der Waals surface area (Å²) in [5.41, 5.74) is 1.04. The van der Waals surface area contributed by atoms with E-state index in [9.17, 15) is 0 Å². The van der Waals surface area contributed by atoms with Gasteiger partial charge in [-0.3, -0.25) is 0 Å². The van der Waals surface area contributed by atoms with Crippen molar-refractivity contribution in [3.8, 4) is 0 Å². The lowest BCUT2D eigenvalue weighted by Gasteiger charge is -2.13. The maximum absolute atomic E-state index is 4.34. The van der Waals surface area contributed by atoms with Crippen LogP contribution < -0.4 is 5.32 Å². The Morgan fingerprint density at radius 2 is 2.46 bits per heavy atom. The fourth-order valence-electron chi connectivity index (χ4n) is 1.11. The van der Waals surface area contributed by atoms with Gasteiger partial charge in [0, 0.05) is 22.8 Å². The van der Waals surface area contributed by atoms with E-state index in [2.05, 4.69) is 31.2 Å². The van der Waals surface area contributed by atoms with E-state index >= 15 is 0 Å². The summed E-state index contributed by atoms with van der Waals surface area (Å²) in [5.74, 6) is 0.919. The number of hydrogen-bond donors (Lipinski definition) is 1. The van der Waals surface area contributed by atoms with Gasteiger partial charge >= 0.3 is 0 Å². The summed E-state index contributed by atoms with van der Waals surface area (Å²) in [6, 6.07) is 0. The third-order valence-corrected chi connectivity index (χ3v) is 2.79. The van der Waals surface area contributed by atoms with Gasteiger partial charge in [-0.15, -0.1) is 0 Å². The summed E-state index contributed by atoms with van der Waals surface area (Å²) in [5, 5.41) is 4.01. The molecule has 0 unspecified atom stereocenters. The lowest BCUT2D eigenvalue weighted by molar-refractivity contribution is 0.958. The van der Waals surface area contributed by atoms with Gasteiger partial charge in [-0.2, -0.15) is 0 Å². The third-order valence-electron chi connectivity index (χ3n) is 1.71. The van der Waals surface area contributed by atoms with Crippen molar-refractivity contribution in [2.24, 2.45) is 0 Å². The Balaban J connectivity index is 2.43. The summed E-state index contributed by atoms with van der Waals surface area (Å²) >= 11 is 4.98. The maximum atomic E-state index is 4.34. The van der Waals surface area contributed by atoms with E-state index in [0.717, 1.165) is 27.6 Å². The molecule has 0 fully saturated rings. The number of nitrogens with one attached hydrogen (secondary N) is 1. The number of fused-ring (bicyclic) bond motifs is 1. The number of hydrogen-bond acceptors (Lipinski definition) is 4. The summed E-state index contributed by atoms with van der Waals surface area (Å²) in [6.45, 7) is 0.803. The van der Waals surface area contributed by atoms with Crippen LogP contribution in [0, 0.1) is 0 Å². The molecule has 0 saturated carbocycles. The molecule has 1 N–H and O–H groups in total. The quantitative estimate of drug-likeness (QED) is 0.620. The van der Waals surface area contributed by atoms with Crippen molar-refractivity contribution in [3.63, 3.8) is 0 Å². The predicted molar refractivity (Wildman–Crippen MR) is 59.2 cm³/mol. The molecule has 0 bridgehead atoms. The third kappa shape index (κ3) is 1.86. The summed E-state index contributed by atoms with van der Waals surface area (Å²) < 4.78 is 1.13. The van der Waals surface area contributed by atoms with Crippen molar-refractivity contribution in [2.75, 3.05) is 18.1 Å². The topological polar surface area (TPSA) is 37.8 Å². The molecule has 2 rings (SSSR count). The molecule has 0 spiro atoms. The van der Waals surface area contributed by atoms with Crippen molar-refractivity contribution < 1.29 is 0 Å². The Hall–Kier alpha value is -0.550. The lowest BCUT2D eigenvalue weighted by Crippen LogP contribution is -2.10. The zero-order chi connectivity index (χ0) is 9.26. The second kappa shape index (κ2) is 3.67. The number of thioether (sulfide) groups is 1. The summed E-state index contributed by atoms with van der Waals surface area (Å²) in [7, 11) is 0. The number of anilines is 1. The molecule has 1 aromatic heterocycles. The van der Waals surface area contributed by atoms with Crippen LogP contribution in [-0.4, -0.2) is 22.8 Å². The molecule has 0 saturated heterocycles. The standard InChI is InChI=1S/C8H8BrN3S/c1-13-8-11-3-5-2-6(9)4-10-7(5)12-8/h2-3H,4H2,1H3,(H,10,11,12). The molecule has 0 amide bonds. The minimum absolute atomic E-state index is 0.803. The number of rotatable bonds is 1. The van der Waals surface area contributed by atoms with Crippen molar-refractivity contribution in [2.45, 2.75) is 5.16 Å².